The van der Waals surface area contributed by atoms with Crippen molar-refractivity contribution in [3.8, 4) is 0 Å². The molecule has 1 unspecified atom stereocenters. The first-order valence-corrected chi connectivity index (χ1v) is 7.18. The van der Waals surface area contributed by atoms with Crippen LogP contribution in [0.25, 0.3) is 0 Å². The molecule has 0 radical (unpaired) electrons. The molecular formula is C15H21ClN4. The summed E-state index contributed by atoms with van der Waals surface area (Å²) in [5.74, 6) is 0. The Bertz CT molecular complexity index is 592. The number of hydrogen-bond donors (Lipinski definition) is 2. The highest BCUT2D eigenvalue weighted by molar-refractivity contribution is 6.31. The van der Waals surface area contributed by atoms with Crippen LogP contribution in [0.15, 0.2) is 24.4 Å². The van der Waals surface area contributed by atoms with E-state index in [0.29, 0.717) is 6.54 Å². The molecule has 0 amide bonds. The Balaban J connectivity index is 2.26. The monoisotopic (exact) mass is 292 g/mol. The maximum atomic E-state index is 6.16. The van der Waals surface area contributed by atoms with Crippen molar-refractivity contribution < 1.29 is 0 Å². The normalized spacial score (nSPS) is 12.4. The van der Waals surface area contributed by atoms with Gasteiger partial charge in [-0.05, 0) is 31.0 Å². The molecule has 0 saturated heterocycles. The lowest BCUT2D eigenvalue weighted by Gasteiger charge is -2.18. The van der Waals surface area contributed by atoms with Crippen LogP contribution in [0.2, 0.25) is 5.02 Å². The molecular weight excluding hydrogens is 272 g/mol. The minimum Gasteiger partial charge on any atom is -0.377 e. The topological polar surface area (TPSA) is 55.9 Å². The van der Waals surface area contributed by atoms with Crippen LogP contribution in [0.1, 0.15) is 29.8 Å². The third-order valence-corrected chi connectivity index (χ3v) is 3.80. The molecule has 0 fully saturated rings. The molecule has 5 heteroatoms. The van der Waals surface area contributed by atoms with Gasteiger partial charge in [-0.15, -0.1) is 0 Å². The fraction of sp³-hybridized carbons (Fsp3) is 0.400. The van der Waals surface area contributed by atoms with E-state index < -0.39 is 0 Å². The molecule has 1 aromatic heterocycles. The summed E-state index contributed by atoms with van der Waals surface area (Å²) in [5, 5.41) is 8.66. The smallest absolute Gasteiger partial charge is 0.0674 e. The summed E-state index contributed by atoms with van der Waals surface area (Å²) in [4.78, 5) is 0. The molecule has 0 aliphatic heterocycles. The van der Waals surface area contributed by atoms with E-state index in [2.05, 4.69) is 17.3 Å². The third-order valence-electron chi connectivity index (χ3n) is 3.40. The number of nitrogens with two attached hydrogens (primary N) is 1. The largest absolute Gasteiger partial charge is 0.377 e. The maximum Gasteiger partial charge on any atom is 0.0674 e. The number of aryl methyl sites for hydroxylation is 3. The number of rotatable bonds is 5. The number of aromatic nitrogens is 2. The molecule has 0 bridgehead atoms. The van der Waals surface area contributed by atoms with Crippen molar-refractivity contribution in [3.05, 3.63) is 46.2 Å². The van der Waals surface area contributed by atoms with Crippen molar-refractivity contribution in [1.29, 1.82) is 0 Å². The molecule has 4 nitrogen and oxygen atoms in total. The van der Waals surface area contributed by atoms with Crippen LogP contribution < -0.4 is 11.1 Å². The van der Waals surface area contributed by atoms with Crippen LogP contribution in [-0.2, 0) is 13.5 Å². The fourth-order valence-corrected chi connectivity index (χ4v) is 2.45. The van der Waals surface area contributed by atoms with Gasteiger partial charge in [0.15, 0.2) is 0 Å². The van der Waals surface area contributed by atoms with E-state index in [4.69, 9.17) is 17.3 Å². The number of anilines is 1. The zero-order chi connectivity index (χ0) is 14.7. The predicted molar refractivity (Wildman–Crippen MR) is 84.2 cm³/mol. The Labute approximate surface area is 124 Å². The molecule has 0 aliphatic carbocycles. The van der Waals surface area contributed by atoms with E-state index in [-0.39, 0.29) is 6.04 Å². The average Bonchev–Trinajstić information content (AvgIpc) is 2.81. The standard InChI is InChI=1S/C15H21ClN4/c1-4-14-12(9-20(3)19-14)15(8-17)18-11-6-5-10(2)13(16)7-11/h5-7,9,15,18H,4,8,17H2,1-3H3. The Morgan fingerprint density at radius 1 is 1.45 bits per heavy atom. The van der Waals surface area contributed by atoms with Crippen LogP contribution in [-0.4, -0.2) is 16.3 Å². The van der Waals surface area contributed by atoms with E-state index in [1.54, 1.807) is 0 Å². The van der Waals surface area contributed by atoms with Gasteiger partial charge in [0.25, 0.3) is 0 Å². The minimum absolute atomic E-state index is 0.0393. The molecule has 0 saturated carbocycles. The second kappa shape index (κ2) is 6.29. The van der Waals surface area contributed by atoms with Crippen molar-refractivity contribution >= 4 is 17.3 Å². The first-order valence-electron chi connectivity index (χ1n) is 6.80. The highest BCUT2D eigenvalue weighted by atomic mass is 35.5. The van der Waals surface area contributed by atoms with Crippen LogP contribution in [0, 0.1) is 6.92 Å². The molecule has 0 spiro atoms. The van der Waals surface area contributed by atoms with Crippen molar-refractivity contribution in [2.75, 3.05) is 11.9 Å². The van der Waals surface area contributed by atoms with E-state index in [9.17, 15) is 0 Å². The van der Waals surface area contributed by atoms with Gasteiger partial charge >= 0.3 is 0 Å². The summed E-state index contributed by atoms with van der Waals surface area (Å²) in [6.45, 7) is 4.59. The molecule has 3 N–H and O–H groups in total. The SMILES string of the molecule is CCc1nn(C)cc1C(CN)Nc1ccc(C)c(Cl)c1. The zero-order valence-electron chi connectivity index (χ0n) is 12.2. The highest BCUT2D eigenvalue weighted by Gasteiger charge is 2.16. The Kier molecular flexibility index (Phi) is 4.68. The van der Waals surface area contributed by atoms with Crippen LogP contribution in [0.3, 0.4) is 0 Å². The van der Waals surface area contributed by atoms with Gasteiger partial charge < -0.3 is 11.1 Å². The molecule has 108 valence electrons. The van der Waals surface area contributed by atoms with Gasteiger partial charge in [0.05, 0.1) is 11.7 Å². The lowest BCUT2D eigenvalue weighted by Crippen LogP contribution is -2.21. The van der Waals surface area contributed by atoms with Crippen molar-refractivity contribution in [2.24, 2.45) is 12.8 Å². The van der Waals surface area contributed by atoms with Gasteiger partial charge in [-0.25, -0.2) is 0 Å². The summed E-state index contributed by atoms with van der Waals surface area (Å²) >= 11 is 6.16. The van der Waals surface area contributed by atoms with E-state index in [1.807, 2.05) is 43.0 Å². The second-order valence-corrected chi connectivity index (χ2v) is 5.36. The van der Waals surface area contributed by atoms with Gasteiger partial charge in [-0.3, -0.25) is 4.68 Å². The summed E-state index contributed by atoms with van der Waals surface area (Å²) in [6.07, 6.45) is 2.92. The summed E-state index contributed by atoms with van der Waals surface area (Å²) < 4.78 is 1.83. The number of benzene rings is 1. The van der Waals surface area contributed by atoms with Gasteiger partial charge in [-0.1, -0.05) is 24.6 Å². The van der Waals surface area contributed by atoms with Gasteiger partial charge in [0.1, 0.15) is 0 Å². The molecule has 20 heavy (non-hydrogen) atoms. The van der Waals surface area contributed by atoms with Crippen molar-refractivity contribution in [1.82, 2.24) is 9.78 Å². The molecule has 2 rings (SSSR count). The third kappa shape index (κ3) is 3.14. The molecule has 1 aromatic carbocycles. The van der Waals surface area contributed by atoms with Crippen molar-refractivity contribution in [3.63, 3.8) is 0 Å². The number of halogens is 1. The van der Waals surface area contributed by atoms with Crippen molar-refractivity contribution in [2.45, 2.75) is 26.3 Å². The van der Waals surface area contributed by atoms with Gasteiger partial charge in [0, 0.05) is 36.1 Å². The fourth-order valence-electron chi connectivity index (χ4n) is 2.27. The Morgan fingerprint density at radius 3 is 2.80 bits per heavy atom. The number of hydrogen-bond acceptors (Lipinski definition) is 3. The van der Waals surface area contributed by atoms with E-state index in [1.165, 1.54) is 0 Å². The van der Waals surface area contributed by atoms with E-state index in [0.717, 1.165) is 34.0 Å². The molecule has 2 aromatic rings. The summed E-state index contributed by atoms with van der Waals surface area (Å²) in [7, 11) is 1.93. The average molecular weight is 293 g/mol. The Hall–Kier alpha value is -1.52. The summed E-state index contributed by atoms with van der Waals surface area (Å²) in [5.41, 5.74) is 10.2. The Morgan fingerprint density at radius 2 is 2.20 bits per heavy atom. The zero-order valence-corrected chi connectivity index (χ0v) is 12.9. The number of nitrogens with zero attached hydrogens (tertiary/aromatic N) is 2. The number of nitrogens with one attached hydrogen (secondary N) is 1. The maximum absolute atomic E-state index is 6.16. The second-order valence-electron chi connectivity index (χ2n) is 4.95. The van der Waals surface area contributed by atoms with Crippen LogP contribution >= 0.6 is 11.6 Å². The summed E-state index contributed by atoms with van der Waals surface area (Å²) in [6, 6.07) is 5.99. The minimum atomic E-state index is 0.0393. The quantitative estimate of drug-likeness (QED) is 0.890. The molecule has 1 heterocycles. The first kappa shape index (κ1) is 14.9. The van der Waals surface area contributed by atoms with E-state index >= 15 is 0 Å². The van der Waals surface area contributed by atoms with Gasteiger partial charge in [0.2, 0.25) is 0 Å². The lowest BCUT2D eigenvalue weighted by atomic mass is 10.1. The van der Waals surface area contributed by atoms with Gasteiger partial charge in [-0.2, -0.15) is 5.10 Å². The first-order chi connectivity index (χ1) is 9.55. The predicted octanol–water partition coefficient (Wildman–Crippen LogP) is 3.06. The van der Waals surface area contributed by atoms with Crippen LogP contribution in [0.5, 0.6) is 0 Å². The molecule has 0 aliphatic rings. The van der Waals surface area contributed by atoms with Crippen LogP contribution in [0.4, 0.5) is 5.69 Å². The lowest BCUT2D eigenvalue weighted by molar-refractivity contribution is 0.746. The molecule has 1 atom stereocenters. The highest BCUT2D eigenvalue weighted by Crippen LogP contribution is 2.25.